The molecule has 2 N–H and O–H groups in total. The van der Waals surface area contributed by atoms with E-state index in [4.69, 9.17) is 14.6 Å². The van der Waals surface area contributed by atoms with Crippen molar-refractivity contribution in [2.45, 2.75) is 32.6 Å². The molecule has 0 bridgehead atoms. The van der Waals surface area contributed by atoms with Crippen LogP contribution in [-0.4, -0.2) is 42.9 Å². The van der Waals surface area contributed by atoms with Crippen LogP contribution in [0, 0.1) is 0 Å². The smallest absolute Gasteiger partial charge is 0.410 e. The maximum Gasteiger partial charge on any atom is 0.410 e. The van der Waals surface area contributed by atoms with Gasteiger partial charge >= 0.3 is 12.1 Å². The van der Waals surface area contributed by atoms with Crippen molar-refractivity contribution in [1.29, 1.82) is 0 Å². The van der Waals surface area contributed by atoms with Gasteiger partial charge in [0.2, 0.25) is 6.23 Å². The summed E-state index contributed by atoms with van der Waals surface area (Å²) in [5, 5.41) is 10.7. The lowest BCUT2D eigenvalue weighted by Gasteiger charge is -2.21. The molecule has 0 aliphatic heterocycles. The van der Waals surface area contributed by atoms with Crippen LogP contribution in [0.1, 0.15) is 20.8 Å². The largest absolute Gasteiger partial charge is 0.478 e. The highest BCUT2D eigenvalue weighted by molar-refractivity contribution is 5.78. The van der Waals surface area contributed by atoms with E-state index in [1.165, 1.54) is 7.11 Å². The quantitative estimate of drug-likeness (QED) is 0.675. The van der Waals surface area contributed by atoms with E-state index >= 15 is 0 Å². The van der Waals surface area contributed by atoms with Crippen LogP contribution in [0.15, 0.2) is 0 Å². The average Bonchev–Trinajstić information content (AvgIpc) is 2.08. The molecule has 0 aromatic carbocycles. The molecule has 7 nitrogen and oxygen atoms in total. The summed E-state index contributed by atoms with van der Waals surface area (Å²) in [5.74, 6) is -1.33. The fourth-order valence-corrected chi connectivity index (χ4v) is 0.725. The minimum atomic E-state index is -1.49. The van der Waals surface area contributed by atoms with Gasteiger partial charge in [-0.05, 0) is 20.8 Å². The molecule has 1 atom stereocenters. The van der Waals surface area contributed by atoms with Crippen LogP contribution in [0.2, 0.25) is 0 Å². The Labute approximate surface area is 93.7 Å². The molecule has 0 fully saturated rings. The number of hydrogen-bond acceptors (Lipinski definition) is 5. The number of carbonyl (C=O) groups is 2. The van der Waals surface area contributed by atoms with Crippen LogP contribution in [0.3, 0.4) is 0 Å². The predicted molar refractivity (Wildman–Crippen MR) is 53.8 cm³/mol. The summed E-state index contributed by atoms with van der Waals surface area (Å²) in [6.07, 6.45) is -2.36. The third kappa shape index (κ3) is 7.02. The first-order valence-corrected chi connectivity index (χ1v) is 4.59. The molecule has 1 unspecified atom stereocenters. The van der Waals surface area contributed by atoms with Gasteiger partial charge in [-0.1, -0.05) is 0 Å². The van der Waals surface area contributed by atoms with Crippen LogP contribution in [0.4, 0.5) is 4.79 Å². The number of carboxylic acids is 1. The third-order valence-corrected chi connectivity index (χ3v) is 1.22. The molecule has 0 radical (unpaired) electrons. The van der Waals surface area contributed by atoms with Crippen molar-refractivity contribution in [3.8, 4) is 0 Å². The van der Waals surface area contributed by atoms with E-state index in [1.54, 1.807) is 20.8 Å². The normalized spacial score (nSPS) is 13.0. The Morgan fingerprint density at radius 1 is 1.38 bits per heavy atom. The van der Waals surface area contributed by atoms with E-state index in [-0.39, 0.29) is 6.79 Å². The van der Waals surface area contributed by atoms with Crippen LogP contribution in [-0.2, 0) is 19.0 Å². The Morgan fingerprint density at radius 3 is 2.31 bits per heavy atom. The van der Waals surface area contributed by atoms with Gasteiger partial charge in [-0.2, -0.15) is 0 Å². The number of nitrogens with one attached hydrogen (secondary N) is 1. The Hall–Kier alpha value is -1.34. The summed E-state index contributed by atoms with van der Waals surface area (Å²) in [6, 6.07) is 0. The molecule has 0 aliphatic rings. The first-order chi connectivity index (χ1) is 7.26. The topological polar surface area (TPSA) is 94.1 Å². The summed E-state index contributed by atoms with van der Waals surface area (Å²) in [6.45, 7) is 4.75. The molecule has 0 saturated heterocycles. The van der Waals surface area contributed by atoms with Crippen molar-refractivity contribution in [3.05, 3.63) is 0 Å². The molecular formula is C9H17NO6. The fourth-order valence-electron chi connectivity index (χ4n) is 0.725. The van der Waals surface area contributed by atoms with E-state index in [0.29, 0.717) is 0 Å². The highest BCUT2D eigenvalue weighted by Crippen LogP contribution is 2.06. The summed E-state index contributed by atoms with van der Waals surface area (Å²) in [4.78, 5) is 21.9. The molecule has 0 heterocycles. The van der Waals surface area contributed by atoms with Gasteiger partial charge < -0.3 is 19.3 Å². The fraction of sp³-hybridized carbons (Fsp3) is 0.778. The van der Waals surface area contributed by atoms with Crippen molar-refractivity contribution in [2.75, 3.05) is 13.9 Å². The number of ether oxygens (including phenoxy) is 3. The van der Waals surface area contributed by atoms with Gasteiger partial charge in [-0.25, -0.2) is 9.59 Å². The van der Waals surface area contributed by atoms with Crippen LogP contribution in [0.5, 0.6) is 0 Å². The average molecular weight is 235 g/mol. The number of methoxy groups -OCH3 is 1. The molecule has 0 spiro atoms. The number of alkyl carbamates (subject to hydrolysis) is 1. The summed E-state index contributed by atoms with van der Waals surface area (Å²) in [7, 11) is 1.34. The Morgan fingerprint density at radius 2 is 1.94 bits per heavy atom. The number of carbonyl (C=O) groups excluding carboxylic acids is 1. The van der Waals surface area contributed by atoms with E-state index in [2.05, 4.69) is 4.74 Å². The molecular weight excluding hydrogens is 218 g/mol. The number of aliphatic carboxylic acids is 1. The summed E-state index contributed by atoms with van der Waals surface area (Å²) < 4.78 is 14.1. The second-order valence-electron chi connectivity index (χ2n) is 3.94. The minimum absolute atomic E-state index is 0.243. The van der Waals surface area contributed by atoms with Crippen molar-refractivity contribution in [1.82, 2.24) is 5.32 Å². The molecule has 94 valence electrons. The maximum absolute atomic E-state index is 11.2. The Kier molecular flexibility index (Phi) is 5.76. The van der Waals surface area contributed by atoms with E-state index in [1.807, 2.05) is 5.32 Å². The maximum atomic E-state index is 11.2. The molecule has 7 heteroatoms. The highest BCUT2D eigenvalue weighted by Gasteiger charge is 2.24. The second kappa shape index (κ2) is 6.29. The van der Waals surface area contributed by atoms with Gasteiger partial charge in [0.25, 0.3) is 0 Å². The van der Waals surface area contributed by atoms with Crippen LogP contribution >= 0.6 is 0 Å². The minimum Gasteiger partial charge on any atom is -0.478 e. The van der Waals surface area contributed by atoms with Gasteiger partial charge in [0.15, 0.2) is 0 Å². The molecule has 0 rings (SSSR count). The third-order valence-electron chi connectivity index (χ3n) is 1.22. The molecule has 0 aromatic rings. The van der Waals surface area contributed by atoms with Gasteiger partial charge in [0.05, 0.1) is 0 Å². The van der Waals surface area contributed by atoms with Crippen molar-refractivity contribution >= 4 is 12.1 Å². The summed E-state index contributed by atoms with van der Waals surface area (Å²) in [5.41, 5.74) is -0.700. The first-order valence-electron chi connectivity index (χ1n) is 4.59. The van der Waals surface area contributed by atoms with E-state index < -0.39 is 23.9 Å². The monoisotopic (exact) mass is 235 g/mol. The van der Waals surface area contributed by atoms with Gasteiger partial charge in [-0.3, -0.25) is 5.32 Å². The zero-order valence-electron chi connectivity index (χ0n) is 9.77. The summed E-state index contributed by atoms with van der Waals surface area (Å²) >= 11 is 0. The van der Waals surface area contributed by atoms with Crippen molar-refractivity contribution in [3.63, 3.8) is 0 Å². The molecule has 1 amide bonds. The van der Waals surface area contributed by atoms with Crippen LogP contribution in [0.25, 0.3) is 0 Å². The molecule has 0 saturated carbocycles. The van der Waals surface area contributed by atoms with E-state index in [0.717, 1.165) is 0 Å². The SMILES string of the molecule is COCOC(NC(=O)OC(C)(C)C)C(=O)O. The van der Waals surface area contributed by atoms with Crippen molar-refractivity contribution < 1.29 is 28.9 Å². The van der Waals surface area contributed by atoms with Crippen LogP contribution < -0.4 is 5.32 Å². The molecule has 0 aromatic heterocycles. The number of carboxylic acid groups (broad SMARTS) is 1. The van der Waals surface area contributed by atoms with Gasteiger partial charge in [0.1, 0.15) is 12.4 Å². The predicted octanol–water partition coefficient (Wildman–Crippen LogP) is 0.542. The lowest BCUT2D eigenvalue weighted by molar-refractivity contribution is -0.161. The van der Waals surface area contributed by atoms with Gasteiger partial charge in [-0.15, -0.1) is 0 Å². The Balaban J connectivity index is 4.19. The first kappa shape index (κ1) is 14.7. The lowest BCUT2D eigenvalue weighted by Crippen LogP contribution is -2.45. The number of amides is 1. The Bertz CT molecular complexity index is 247. The van der Waals surface area contributed by atoms with Crippen molar-refractivity contribution in [2.24, 2.45) is 0 Å². The van der Waals surface area contributed by atoms with Gasteiger partial charge in [0, 0.05) is 7.11 Å². The second-order valence-corrected chi connectivity index (χ2v) is 3.94. The standard InChI is InChI=1S/C9H17NO6/c1-9(2,3)16-8(13)10-6(7(11)12)15-5-14-4/h6H,5H2,1-4H3,(H,10,13)(H,11,12). The zero-order chi connectivity index (χ0) is 12.8. The lowest BCUT2D eigenvalue weighted by atomic mass is 10.2. The number of rotatable bonds is 5. The van der Waals surface area contributed by atoms with E-state index in [9.17, 15) is 9.59 Å². The highest BCUT2D eigenvalue weighted by atomic mass is 16.7. The zero-order valence-corrected chi connectivity index (χ0v) is 9.77. The number of hydrogen-bond donors (Lipinski definition) is 2. The molecule has 0 aliphatic carbocycles. The molecule has 16 heavy (non-hydrogen) atoms.